The number of fused-ring (bicyclic) bond motifs is 1. The van der Waals surface area contributed by atoms with Crippen molar-refractivity contribution in [3.05, 3.63) is 34.7 Å². The molecule has 0 aliphatic heterocycles. The van der Waals surface area contributed by atoms with E-state index in [1.165, 1.54) is 11.3 Å². The van der Waals surface area contributed by atoms with E-state index in [4.69, 9.17) is 4.74 Å². The molecule has 3 aromatic heterocycles. The first kappa shape index (κ1) is 16.4. The smallest absolute Gasteiger partial charge is 0.276 e. The molecule has 0 fully saturated rings. The summed E-state index contributed by atoms with van der Waals surface area (Å²) in [5, 5.41) is 12.4. The Kier molecular flexibility index (Phi) is 4.48. The van der Waals surface area contributed by atoms with Crippen molar-refractivity contribution < 1.29 is 9.53 Å². The normalized spacial score (nSPS) is 11.2. The summed E-state index contributed by atoms with van der Waals surface area (Å²) in [6.45, 7) is 6.04. The van der Waals surface area contributed by atoms with Gasteiger partial charge in [-0.3, -0.25) is 14.5 Å². The minimum absolute atomic E-state index is 0.263. The maximum Gasteiger partial charge on any atom is 0.276 e. The van der Waals surface area contributed by atoms with Gasteiger partial charge in [0, 0.05) is 12.6 Å². The molecule has 0 aliphatic rings. The van der Waals surface area contributed by atoms with E-state index in [0.29, 0.717) is 33.8 Å². The number of anilines is 1. The number of nitrogens with one attached hydrogen (secondary N) is 1. The predicted octanol–water partition coefficient (Wildman–Crippen LogP) is 2.95. The maximum absolute atomic E-state index is 12.7. The SMILES string of the molecule is COc1cccn2c(C(=O)Nc3nnc(CC(C)C)s3)c(C)nc12. The fourth-order valence-electron chi connectivity index (χ4n) is 2.48. The Morgan fingerprint density at radius 2 is 2.21 bits per heavy atom. The van der Waals surface area contributed by atoms with Crippen LogP contribution in [-0.4, -0.2) is 32.6 Å². The molecule has 3 heterocycles. The summed E-state index contributed by atoms with van der Waals surface area (Å²) < 4.78 is 7.02. The molecule has 126 valence electrons. The number of methoxy groups -OCH3 is 1. The number of carbonyl (C=O) groups is 1. The minimum Gasteiger partial charge on any atom is -0.493 e. The first-order valence-electron chi connectivity index (χ1n) is 7.65. The summed E-state index contributed by atoms with van der Waals surface area (Å²) in [6, 6.07) is 3.63. The molecule has 1 amide bonds. The van der Waals surface area contributed by atoms with Gasteiger partial charge in [-0.1, -0.05) is 25.2 Å². The number of amides is 1. The molecular formula is C16H19N5O2S. The number of nitrogens with zero attached hydrogens (tertiary/aromatic N) is 4. The molecule has 0 aromatic carbocycles. The number of imidazole rings is 1. The molecule has 3 rings (SSSR count). The van der Waals surface area contributed by atoms with E-state index in [2.05, 4.69) is 34.3 Å². The number of rotatable bonds is 5. The third kappa shape index (κ3) is 3.09. The van der Waals surface area contributed by atoms with Gasteiger partial charge in [-0.15, -0.1) is 10.2 Å². The summed E-state index contributed by atoms with van der Waals surface area (Å²) in [6.07, 6.45) is 2.64. The summed E-state index contributed by atoms with van der Waals surface area (Å²) in [5.41, 5.74) is 1.70. The number of ether oxygens (including phenoxy) is 1. The van der Waals surface area contributed by atoms with Crippen LogP contribution >= 0.6 is 11.3 Å². The first-order chi connectivity index (χ1) is 11.5. The number of hydrogen-bond donors (Lipinski definition) is 1. The van der Waals surface area contributed by atoms with Crippen LogP contribution in [0.3, 0.4) is 0 Å². The Morgan fingerprint density at radius 1 is 1.42 bits per heavy atom. The molecule has 8 heteroatoms. The van der Waals surface area contributed by atoms with Crippen molar-refractivity contribution in [2.75, 3.05) is 12.4 Å². The molecule has 0 atom stereocenters. The monoisotopic (exact) mass is 345 g/mol. The van der Waals surface area contributed by atoms with Gasteiger partial charge >= 0.3 is 0 Å². The molecule has 7 nitrogen and oxygen atoms in total. The molecule has 0 spiro atoms. The van der Waals surface area contributed by atoms with Crippen molar-refractivity contribution in [3.8, 4) is 5.75 Å². The fourth-order valence-corrected chi connectivity index (χ4v) is 3.43. The Bertz CT molecular complexity index is 884. The van der Waals surface area contributed by atoms with Gasteiger partial charge < -0.3 is 4.74 Å². The highest BCUT2D eigenvalue weighted by Gasteiger charge is 2.20. The number of pyridine rings is 1. The van der Waals surface area contributed by atoms with E-state index in [1.807, 2.05) is 12.1 Å². The lowest BCUT2D eigenvalue weighted by Gasteiger charge is -2.04. The van der Waals surface area contributed by atoms with Crippen molar-refractivity contribution in [1.82, 2.24) is 19.6 Å². The van der Waals surface area contributed by atoms with E-state index in [-0.39, 0.29) is 5.91 Å². The number of carbonyl (C=O) groups excluding carboxylic acids is 1. The number of hydrogen-bond acceptors (Lipinski definition) is 6. The Balaban J connectivity index is 1.89. The third-order valence-corrected chi connectivity index (χ3v) is 4.35. The van der Waals surface area contributed by atoms with Crippen LogP contribution in [0.15, 0.2) is 18.3 Å². The van der Waals surface area contributed by atoms with Crippen LogP contribution in [-0.2, 0) is 6.42 Å². The van der Waals surface area contributed by atoms with E-state index >= 15 is 0 Å². The van der Waals surface area contributed by atoms with Gasteiger partial charge in [0.1, 0.15) is 10.7 Å². The molecule has 0 radical (unpaired) electrons. The Labute approximate surface area is 143 Å². The summed E-state index contributed by atoms with van der Waals surface area (Å²) >= 11 is 1.40. The molecule has 0 saturated heterocycles. The van der Waals surface area contributed by atoms with Crippen LogP contribution in [0.2, 0.25) is 0 Å². The van der Waals surface area contributed by atoms with Gasteiger partial charge in [0.05, 0.1) is 12.8 Å². The van der Waals surface area contributed by atoms with Gasteiger partial charge in [-0.2, -0.15) is 0 Å². The van der Waals surface area contributed by atoms with Crippen molar-refractivity contribution in [3.63, 3.8) is 0 Å². The zero-order chi connectivity index (χ0) is 17.3. The molecular weight excluding hydrogens is 326 g/mol. The van der Waals surface area contributed by atoms with Crippen LogP contribution in [0.5, 0.6) is 5.75 Å². The minimum atomic E-state index is -0.263. The van der Waals surface area contributed by atoms with Gasteiger partial charge in [0.25, 0.3) is 5.91 Å². The quantitative estimate of drug-likeness (QED) is 0.769. The summed E-state index contributed by atoms with van der Waals surface area (Å²) in [4.78, 5) is 17.1. The van der Waals surface area contributed by atoms with E-state index < -0.39 is 0 Å². The van der Waals surface area contributed by atoms with Crippen LogP contribution < -0.4 is 10.1 Å². The second-order valence-electron chi connectivity index (χ2n) is 5.87. The predicted molar refractivity (Wildman–Crippen MR) is 92.9 cm³/mol. The highest BCUT2D eigenvalue weighted by atomic mass is 32.1. The van der Waals surface area contributed by atoms with Crippen LogP contribution in [0.1, 0.15) is 35.0 Å². The lowest BCUT2D eigenvalue weighted by molar-refractivity contribution is 0.102. The van der Waals surface area contributed by atoms with Crippen LogP contribution in [0.4, 0.5) is 5.13 Å². The molecule has 0 bridgehead atoms. The Morgan fingerprint density at radius 3 is 2.92 bits per heavy atom. The zero-order valence-corrected chi connectivity index (χ0v) is 14.8. The van der Waals surface area contributed by atoms with E-state index in [9.17, 15) is 4.79 Å². The summed E-state index contributed by atoms with van der Waals surface area (Å²) in [7, 11) is 1.58. The highest BCUT2D eigenvalue weighted by Crippen LogP contribution is 2.23. The zero-order valence-electron chi connectivity index (χ0n) is 14.0. The third-order valence-electron chi connectivity index (χ3n) is 3.49. The van der Waals surface area contributed by atoms with Gasteiger partial charge in [-0.05, 0) is 25.0 Å². The van der Waals surface area contributed by atoms with Gasteiger partial charge in [-0.25, -0.2) is 4.98 Å². The molecule has 3 aromatic rings. The lowest BCUT2D eigenvalue weighted by atomic mass is 10.1. The largest absolute Gasteiger partial charge is 0.493 e. The Hall–Kier alpha value is -2.48. The second kappa shape index (κ2) is 6.56. The average Bonchev–Trinajstić information content (AvgIpc) is 3.09. The van der Waals surface area contributed by atoms with Crippen molar-refractivity contribution in [2.45, 2.75) is 27.2 Å². The van der Waals surface area contributed by atoms with Crippen LogP contribution in [0, 0.1) is 12.8 Å². The maximum atomic E-state index is 12.7. The van der Waals surface area contributed by atoms with Crippen LogP contribution in [0.25, 0.3) is 5.65 Å². The van der Waals surface area contributed by atoms with Crippen molar-refractivity contribution >= 4 is 28.0 Å². The molecule has 0 unspecified atom stereocenters. The van der Waals surface area contributed by atoms with Crippen molar-refractivity contribution in [1.29, 1.82) is 0 Å². The van der Waals surface area contributed by atoms with E-state index in [1.54, 1.807) is 24.6 Å². The molecule has 24 heavy (non-hydrogen) atoms. The van der Waals surface area contributed by atoms with Gasteiger partial charge in [0.2, 0.25) is 5.13 Å². The highest BCUT2D eigenvalue weighted by molar-refractivity contribution is 7.15. The number of aryl methyl sites for hydroxylation is 1. The molecule has 0 saturated carbocycles. The first-order valence-corrected chi connectivity index (χ1v) is 8.46. The fraction of sp³-hybridized carbons (Fsp3) is 0.375. The van der Waals surface area contributed by atoms with E-state index in [0.717, 1.165) is 11.4 Å². The summed E-state index contributed by atoms with van der Waals surface area (Å²) in [5.74, 6) is 0.852. The van der Waals surface area contributed by atoms with Gasteiger partial charge in [0.15, 0.2) is 11.4 Å². The van der Waals surface area contributed by atoms with Crippen molar-refractivity contribution in [2.24, 2.45) is 5.92 Å². The second-order valence-corrected chi connectivity index (χ2v) is 6.93. The number of aromatic nitrogens is 4. The topological polar surface area (TPSA) is 81.4 Å². The molecule has 1 N–H and O–H groups in total. The lowest BCUT2D eigenvalue weighted by Crippen LogP contribution is -2.15. The molecule has 0 aliphatic carbocycles. The standard InChI is InChI=1S/C16H19N5O2S/c1-9(2)8-12-19-20-16(24-12)18-15(22)13-10(3)17-14-11(23-4)6-5-7-21(13)14/h5-7,9H,8H2,1-4H3,(H,18,20,22). The average molecular weight is 345 g/mol.